The molecule has 0 saturated heterocycles. The zero-order valence-corrected chi connectivity index (χ0v) is 13.6. The summed E-state index contributed by atoms with van der Waals surface area (Å²) in [6.07, 6.45) is -6.70. The normalized spacial score (nSPS) is 15.3. The Hall–Kier alpha value is -1.78. The molecule has 140 valence electrons. The van der Waals surface area contributed by atoms with Gasteiger partial charge in [0.1, 0.15) is 11.5 Å². The van der Waals surface area contributed by atoms with Crippen molar-refractivity contribution in [1.29, 1.82) is 0 Å². The van der Waals surface area contributed by atoms with E-state index in [1.54, 1.807) is 10.6 Å². The van der Waals surface area contributed by atoms with Crippen LogP contribution in [0.3, 0.4) is 0 Å². The van der Waals surface area contributed by atoms with Gasteiger partial charge in [0, 0.05) is 4.88 Å². The largest absolute Gasteiger partial charge is 0.471 e. The third-order valence-corrected chi connectivity index (χ3v) is 4.79. The van der Waals surface area contributed by atoms with Crippen LogP contribution in [0.1, 0.15) is 40.1 Å². The highest BCUT2D eigenvalue weighted by atomic mass is 32.1. The molecule has 1 heterocycles. The summed E-state index contributed by atoms with van der Waals surface area (Å²) in [6.45, 7) is -1.61. The molecule has 2 amide bonds. The topological polar surface area (TPSA) is 58.2 Å². The van der Waals surface area contributed by atoms with Gasteiger partial charge in [-0.15, -0.1) is 11.3 Å². The van der Waals surface area contributed by atoms with Gasteiger partial charge in [0.05, 0.1) is 5.56 Å². The first kappa shape index (κ1) is 19.5. The standard InChI is InChI=1S/C14H14F6N2O2S/c15-13(16,17)6-21-10(23)9-7-4-2-1-3-5-8(7)25-11(9)22-12(24)14(18,19)20/h1-6H2,(H,21,23)(H,22,24). The predicted octanol–water partition coefficient (Wildman–Crippen LogP) is 3.81. The number of carbonyl (C=O) groups excluding carboxylic acids is 2. The first-order chi connectivity index (χ1) is 11.5. The Balaban J connectivity index is 2.35. The van der Waals surface area contributed by atoms with Crippen LogP contribution in [0.2, 0.25) is 0 Å². The summed E-state index contributed by atoms with van der Waals surface area (Å²) in [7, 11) is 0. The van der Waals surface area contributed by atoms with Crippen LogP contribution in [0, 0.1) is 0 Å². The maximum absolute atomic E-state index is 12.5. The zero-order chi connectivity index (χ0) is 18.8. The van der Waals surface area contributed by atoms with Crippen molar-refractivity contribution >= 4 is 28.2 Å². The lowest BCUT2D eigenvalue weighted by Gasteiger charge is -2.12. The average Bonchev–Trinajstić information content (AvgIpc) is 2.64. The van der Waals surface area contributed by atoms with Crippen LogP contribution in [-0.4, -0.2) is 30.7 Å². The van der Waals surface area contributed by atoms with Crippen LogP contribution in [0.25, 0.3) is 0 Å². The quantitative estimate of drug-likeness (QED) is 0.611. The number of hydrogen-bond donors (Lipinski definition) is 2. The fourth-order valence-corrected chi connectivity index (χ4v) is 3.80. The Bertz CT molecular complexity index is 666. The molecule has 0 bridgehead atoms. The van der Waals surface area contributed by atoms with Crippen molar-refractivity contribution in [2.24, 2.45) is 0 Å². The van der Waals surface area contributed by atoms with Crippen LogP contribution < -0.4 is 10.6 Å². The fourth-order valence-electron chi connectivity index (χ4n) is 2.51. The molecular weight excluding hydrogens is 374 g/mol. The van der Waals surface area contributed by atoms with Crippen molar-refractivity contribution in [1.82, 2.24) is 5.32 Å². The molecule has 2 rings (SSSR count). The number of carbonyl (C=O) groups is 2. The summed E-state index contributed by atoms with van der Waals surface area (Å²) in [5.41, 5.74) is 0.114. The van der Waals surface area contributed by atoms with Gasteiger partial charge in [-0.2, -0.15) is 26.3 Å². The van der Waals surface area contributed by atoms with Gasteiger partial charge in [0.2, 0.25) is 0 Å². The molecule has 0 unspecified atom stereocenters. The van der Waals surface area contributed by atoms with Gasteiger partial charge in [0.15, 0.2) is 0 Å². The number of thiophene rings is 1. The van der Waals surface area contributed by atoms with Gasteiger partial charge in [0.25, 0.3) is 5.91 Å². The highest BCUT2D eigenvalue weighted by Crippen LogP contribution is 2.38. The van der Waals surface area contributed by atoms with E-state index < -0.39 is 30.7 Å². The summed E-state index contributed by atoms with van der Waals surface area (Å²) in [6, 6.07) is 0. The van der Waals surface area contributed by atoms with Crippen molar-refractivity contribution in [2.75, 3.05) is 11.9 Å². The van der Waals surface area contributed by atoms with Gasteiger partial charge in [-0.3, -0.25) is 9.59 Å². The summed E-state index contributed by atoms with van der Waals surface area (Å²) in [5, 5.41) is 2.91. The molecule has 0 saturated carbocycles. The van der Waals surface area contributed by atoms with Crippen molar-refractivity contribution in [3.8, 4) is 0 Å². The molecular formula is C14H14F6N2O2S. The number of fused-ring (bicyclic) bond motifs is 1. The summed E-state index contributed by atoms with van der Waals surface area (Å²) < 4.78 is 74.3. The maximum atomic E-state index is 12.5. The van der Waals surface area contributed by atoms with E-state index in [1.165, 1.54) is 0 Å². The maximum Gasteiger partial charge on any atom is 0.471 e. The van der Waals surface area contributed by atoms with E-state index in [-0.39, 0.29) is 10.6 Å². The summed E-state index contributed by atoms with van der Waals surface area (Å²) in [5.74, 6) is -3.41. The monoisotopic (exact) mass is 388 g/mol. The van der Waals surface area contributed by atoms with Crippen LogP contribution in [0.4, 0.5) is 31.3 Å². The third kappa shape index (κ3) is 5.10. The van der Waals surface area contributed by atoms with Crippen molar-refractivity contribution < 1.29 is 35.9 Å². The lowest BCUT2D eigenvalue weighted by atomic mass is 10.0. The van der Waals surface area contributed by atoms with Crippen LogP contribution in [0.15, 0.2) is 0 Å². The predicted molar refractivity (Wildman–Crippen MR) is 78.7 cm³/mol. The molecule has 0 fully saturated rings. The SMILES string of the molecule is O=C(NCC(F)(F)F)c1c(NC(=O)C(F)(F)F)sc2c1CCCCC2. The molecule has 0 atom stereocenters. The van der Waals surface area contributed by atoms with E-state index in [9.17, 15) is 35.9 Å². The molecule has 0 radical (unpaired) electrons. The highest BCUT2D eigenvalue weighted by molar-refractivity contribution is 7.17. The second kappa shape index (κ2) is 7.22. The average molecular weight is 388 g/mol. The van der Waals surface area contributed by atoms with Crippen LogP contribution >= 0.6 is 11.3 Å². The molecule has 25 heavy (non-hydrogen) atoms. The molecule has 2 N–H and O–H groups in total. The molecule has 1 aromatic heterocycles. The summed E-state index contributed by atoms with van der Waals surface area (Å²) >= 11 is 0.807. The fraction of sp³-hybridized carbons (Fsp3) is 0.571. The Morgan fingerprint density at radius 2 is 1.64 bits per heavy atom. The third-order valence-electron chi connectivity index (χ3n) is 3.58. The van der Waals surface area contributed by atoms with Crippen molar-refractivity contribution in [2.45, 2.75) is 44.5 Å². The van der Waals surface area contributed by atoms with Crippen LogP contribution in [0.5, 0.6) is 0 Å². The first-order valence-electron chi connectivity index (χ1n) is 7.36. The molecule has 1 aromatic rings. The Morgan fingerprint density at radius 1 is 1.00 bits per heavy atom. The number of nitrogens with one attached hydrogen (secondary N) is 2. The number of halogens is 6. The van der Waals surface area contributed by atoms with Gasteiger partial charge in [-0.05, 0) is 31.2 Å². The lowest BCUT2D eigenvalue weighted by Crippen LogP contribution is -2.35. The van der Waals surface area contributed by atoms with E-state index in [1.807, 2.05) is 0 Å². The molecule has 1 aliphatic carbocycles. The van der Waals surface area contributed by atoms with E-state index in [0.717, 1.165) is 24.2 Å². The number of aryl methyl sites for hydroxylation is 1. The second-order valence-corrected chi connectivity index (χ2v) is 6.62. The Kier molecular flexibility index (Phi) is 5.65. The lowest BCUT2D eigenvalue weighted by molar-refractivity contribution is -0.167. The van der Waals surface area contributed by atoms with Gasteiger partial charge in [-0.1, -0.05) is 6.42 Å². The first-order valence-corrected chi connectivity index (χ1v) is 8.18. The Morgan fingerprint density at radius 3 is 2.24 bits per heavy atom. The highest BCUT2D eigenvalue weighted by Gasteiger charge is 2.40. The van der Waals surface area contributed by atoms with E-state index in [0.29, 0.717) is 29.7 Å². The van der Waals surface area contributed by atoms with E-state index >= 15 is 0 Å². The van der Waals surface area contributed by atoms with Crippen molar-refractivity contribution in [3.05, 3.63) is 16.0 Å². The van der Waals surface area contributed by atoms with E-state index in [2.05, 4.69) is 0 Å². The smallest absolute Gasteiger partial charge is 0.343 e. The summed E-state index contributed by atoms with van der Waals surface area (Å²) in [4.78, 5) is 23.9. The van der Waals surface area contributed by atoms with Crippen molar-refractivity contribution in [3.63, 3.8) is 0 Å². The van der Waals surface area contributed by atoms with Gasteiger partial charge < -0.3 is 10.6 Å². The number of alkyl halides is 6. The minimum Gasteiger partial charge on any atom is -0.343 e. The Labute approximate surface area is 142 Å². The number of hydrogen-bond acceptors (Lipinski definition) is 3. The second-order valence-electron chi connectivity index (χ2n) is 5.52. The zero-order valence-electron chi connectivity index (χ0n) is 12.7. The van der Waals surface area contributed by atoms with Crippen LogP contribution in [-0.2, 0) is 17.6 Å². The number of rotatable bonds is 3. The molecule has 1 aliphatic rings. The molecule has 0 aliphatic heterocycles. The van der Waals surface area contributed by atoms with Gasteiger partial charge in [-0.25, -0.2) is 0 Å². The molecule has 0 aromatic carbocycles. The minimum atomic E-state index is -5.17. The minimum absolute atomic E-state index is 0.302. The molecule has 0 spiro atoms. The number of amides is 2. The van der Waals surface area contributed by atoms with Gasteiger partial charge >= 0.3 is 18.3 Å². The molecule has 11 heteroatoms. The molecule has 4 nitrogen and oxygen atoms in total. The van der Waals surface area contributed by atoms with E-state index in [4.69, 9.17) is 0 Å². The number of anilines is 1.